The van der Waals surface area contributed by atoms with Gasteiger partial charge in [0.25, 0.3) is 5.91 Å². The first-order valence-corrected chi connectivity index (χ1v) is 4.98. The van der Waals surface area contributed by atoms with Crippen molar-refractivity contribution in [3.8, 4) is 12.3 Å². The molecule has 74 valence electrons. The summed E-state index contributed by atoms with van der Waals surface area (Å²) in [6.07, 6.45) is 7.37. The molecule has 4 heteroatoms. The Labute approximate surface area is 91.0 Å². The monoisotopic (exact) mass is 255 g/mol. The summed E-state index contributed by atoms with van der Waals surface area (Å²) in [4.78, 5) is 11.6. The molecule has 0 saturated heterocycles. The van der Waals surface area contributed by atoms with Crippen molar-refractivity contribution in [2.24, 2.45) is 0 Å². The van der Waals surface area contributed by atoms with Gasteiger partial charge in [-0.05, 0) is 28.4 Å². The summed E-state index contributed by atoms with van der Waals surface area (Å²) in [5, 5.41) is 2.69. The van der Waals surface area contributed by atoms with Gasteiger partial charge in [0.2, 0.25) is 0 Å². The first-order chi connectivity index (χ1) is 6.69. The van der Waals surface area contributed by atoms with E-state index in [4.69, 9.17) is 10.8 Å². The lowest BCUT2D eigenvalue weighted by molar-refractivity contribution is 0.0943. The van der Waals surface area contributed by atoms with Gasteiger partial charge in [-0.3, -0.25) is 4.79 Å². The van der Waals surface area contributed by atoms with E-state index in [-0.39, 0.29) is 11.9 Å². The van der Waals surface area contributed by atoms with Crippen LogP contribution in [0.1, 0.15) is 23.7 Å². The number of carbonyl (C=O) groups is 1. The number of rotatable bonds is 3. The molecule has 0 aliphatic rings. The summed E-state index contributed by atoms with van der Waals surface area (Å²) < 4.78 is 5.36. The van der Waals surface area contributed by atoms with Gasteiger partial charge >= 0.3 is 0 Å². The molecule has 3 nitrogen and oxygen atoms in total. The number of nitrogens with one attached hydrogen (secondary N) is 1. The zero-order valence-corrected chi connectivity index (χ0v) is 9.30. The number of hydrogen-bond donors (Lipinski definition) is 1. The van der Waals surface area contributed by atoms with Crippen LogP contribution in [0.3, 0.4) is 0 Å². The highest BCUT2D eigenvalue weighted by Gasteiger charge is 2.14. The van der Waals surface area contributed by atoms with Crippen molar-refractivity contribution in [1.82, 2.24) is 5.32 Å². The van der Waals surface area contributed by atoms with Gasteiger partial charge in [0.05, 0.1) is 17.9 Å². The van der Waals surface area contributed by atoms with Gasteiger partial charge in [0, 0.05) is 0 Å². The van der Waals surface area contributed by atoms with Gasteiger partial charge in [0.15, 0.2) is 4.67 Å². The van der Waals surface area contributed by atoms with Crippen LogP contribution in [0.2, 0.25) is 0 Å². The predicted octanol–water partition coefficient (Wildman–Crippen LogP) is 2.18. The normalized spacial score (nSPS) is 11.8. The summed E-state index contributed by atoms with van der Waals surface area (Å²) in [7, 11) is 0. The average Bonchev–Trinajstić information content (AvgIpc) is 2.60. The molecule has 1 heterocycles. The third kappa shape index (κ3) is 2.39. The predicted molar refractivity (Wildman–Crippen MR) is 56.8 cm³/mol. The number of terminal acetylenes is 1. The van der Waals surface area contributed by atoms with Crippen LogP contribution in [0, 0.1) is 12.3 Å². The van der Waals surface area contributed by atoms with Crippen LogP contribution < -0.4 is 5.32 Å². The number of amides is 1. The maximum atomic E-state index is 11.6. The van der Waals surface area contributed by atoms with Crippen molar-refractivity contribution in [3.05, 3.63) is 22.6 Å². The second kappa shape index (κ2) is 4.87. The van der Waals surface area contributed by atoms with E-state index in [2.05, 4.69) is 27.2 Å². The molecular weight excluding hydrogens is 246 g/mol. The van der Waals surface area contributed by atoms with Gasteiger partial charge in [-0.2, -0.15) is 0 Å². The lowest BCUT2D eigenvalue weighted by Crippen LogP contribution is -2.33. The molecule has 14 heavy (non-hydrogen) atoms. The Morgan fingerprint density at radius 3 is 3.00 bits per heavy atom. The highest BCUT2D eigenvalue weighted by molar-refractivity contribution is 9.10. The Hall–Kier alpha value is -1.21. The van der Waals surface area contributed by atoms with Crippen LogP contribution in [0.25, 0.3) is 0 Å². The lowest BCUT2D eigenvalue weighted by atomic mass is 10.2. The molecule has 1 amide bonds. The van der Waals surface area contributed by atoms with Crippen molar-refractivity contribution in [1.29, 1.82) is 0 Å². The van der Waals surface area contributed by atoms with Crippen molar-refractivity contribution in [2.45, 2.75) is 19.4 Å². The molecule has 1 aromatic heterocycles. The van der Waals surface area contributed by atoms with E-state index in [0.29, 0.717) is 16.7 Å². The minimum Gasteiger partial charge on any atom is -0.457 e. The fraction of sp³-hybridized carbons (Fsp3) is 0.300. The molecule has 0 saturated carbocycles. The fourth-order valence-corrected chi connectivity index (χ4v) is 1.37. The number of carbonyl (C=O) groups excluding carboxylic acids is 1. The van der Waals surface area contributed by atoms with Gasteiger partial charge in [-0.25, -0.2) is 0 Å². The number of hydrogen-bond acceptors (Lipinski definition) is 2. The molecule has 0 radical (unpaired) electrons. The summed E-state index contributed by atoms with van der Waals surface area (Å²) in [5.41, 5.74) is 0.457. The van der Waals surface area contributed by atoms with Gasteiger partial charge < -0.3 is 9.73 Å². The molecule has 0 fully saturated rings. The highest BCUT2D eigenvalue weighted by Crippen LogP contribution is 2.17. The number of halogens is 1. The quantitative estimate of drug-likeness (QED) is 0.842. The van der Waals surface area contributed by atoms with E-state index >= 15 is 0 Å². The molecule has 1 atom stereocenters. The Kier molecular flexibility index (Phi) is 3.78. The lowest BCUT2D eigenvalue weighted by Gasteiger charge is -2.09. The standard InChI is InChI=1S/C10H10BrNO2/c1-3-7(4-2)12-10(13)8-5-6-14-9(8)11/h1,5-7H,4H2,2H3,(H,12,13). The van der Waals surface area contributed by atoms with Crippen LogP contribution in [0.5, 0.6) is 0 Å². The van der Waals surface area contributed by atoms with E-state index in [9.17, 15) is 4.79 Å². The second-order valence-electron chi connectivity index (χ2n) is 2.71. The Morgan fingerprint density at radius 1 is 1.86 bits per heavy atom. The SMILES string of the molecule is C#CC(CC)NC(=O)c1ccoc1Br. The summed E-state index contributed by atoms with van der Waals surface area (Å²) >= 11 is 3.12. The zero-order chi connectivity index (χ0) is 10.6. The molecule has 0 aromatic carbocycles. The van der Waals surface area contributed by atoms with Crippen molar-refractivity contribution >= 4 is 21.8 Å². The third-order valence-electron chi connectivity index (χ3n) is 1.78. The minimum atomic E-state index is -0.232. The summed E-state index contributed by atoms with van der Waals surface area (Å²) in [5.74, 6) is 2.26. The van der Waals surface area contributed by atoms with Crippen LogP contribution in [-0.4, -0.2) is 11.9 Å². The minimum absolute atomic E-state index is 0.226. The molecule has 0 bridgehead atoms. The number of furan rings is 1. The third-order valence-corrected chi connectivity index (χ3v) is 2.39. The molecule has 0 aliphatic heterocycles. The summed E-state index contributed by atoms with van der Waals surface area (Å²) in [6, 6.07) is 1.35. The molecule has 1 unspecified atom stereocenters. The zero-order valence-electron chi connectivity index (χ0n) is 7.71. The van der Waals surface area contributed by atoms with Crippen molar-refractivity contribution in [2.75, 3.05) is 0 Å². The highest BCUT2D eigenvalue weighted by atomic mass is 79.9. The Morgan fingerprint density at radius 2 is 2.57 bits per heavy atom. The van der Waals surface area contributed by atoms with Gasteiger partial charge in [0.1, 0.15) is 0 Å². The molecule has 1 N–H and O–H groups in total. The molecular formula is C10H10BrNO2. The Bertz CT molecular complexity index is 364. The maximum absolute atomic E-state index is 11.6. The van der Waals surface area contributed by atoms with E-state index in [1.54, 1.807) is 6.07 Å². The fourth-order valence-electron chi connectivity index (χ4n) is 0.953. The van der Waals surface area contributed by atoms with E-state index < -0.39 is 0 Å². The molecule has 0 spiro atoms. The second-order valence-corrected chi connectivity index (χ2v) is 3.43. The topological polar surface area (TPSA) is 42.2 Å². The van der Waals surface area contributed by atoms with Crippen LogP contribution in [0.4, 0.5) is 0 Å². The van der Waals surface area contributed by atoms with Crippen LogP contribution in [0.15, 0.2) is 21.4 Å². The summed E-state index contributed by atoms with van der Waals surface area (Å²) in [6.45, 7) is 1.91. The average molecular weight is 256 g/mol. The first-order valence-electron chi connectivity index (χ1n) is 4.19. The smallest absolute Gasteiger partial charge is 0.256 e. The maximum Gasteiger partial charge on any atom is 0.256 e. The van der Waals surface area contributed by atoms with Gasteiger partial charge in [-0.15, -0.1) is 6.42 Å². The van der Waals surface area contributed by atoms with Gasteiger partial charge in [-0.1, -0.05) is 12.8 Å². The molecule has 1 aromatic rings. The van der Waals surface area contributed by atoms with E-state index in [1.807, 2.05) is 6.92 Å². The van der Waals surface area contributed by atoms with Crippen molar-refractivity contribution < 1.29 is 9.21 Å². The molecule has 0 aliphatic carbocycles. The van der Waals surface area contributed by atoms with E-state index in [0.717, 1.165) is 0 Å². The van der Waals surface area contributed by atoms with E-state index in [1.165, 1.54) is 6.26 Å². The van der Waals surface area contributed by atoms with Crippen LogP contribution in [-0.2, 0) is 0 Å². The van der Waals surface area contributed by atoms with Crippen molar-refractivity contribution in [3.63, 3.8) is 0 Å². The first kappa shape index (κ1) is 10.9. The largest absolute Gasteiger partial charge is 0.457 e. The Balaban J connectivity index is 2.69. The van der Waals surface area contributed by atoms with Crippen LogP contribution >= 0.6 is 15.9 Å². The molecule has 1 rings (SSSR count).